The Morgan fingerprint density at radius 1 is 1.16 bits per heavy atom. The summed E-state index contributed by atoms with van der Waals surface area (Å²) in [5.74, 6) is 2.08. The van der Waals surface area contributed by atoms with E-state index in [2.05, 4.69) is 19.7 Å². The number of fused-ring (bicyclic) bond motifs is 1. The number of aromatic nitrogens is 3. The molecule has 0 amide bonds. The Balaban J connectivity index is 1.68. The molecule has 0 saturated carbocycles. The molecule has 1 atom stereocenters. The molecule has 132 valence electrons. The van der Waals surface area contributed by atoms with Gasteiger partial charge in [0.1, 0.15) is 5.82 Å². The zero-order valence-corrected chi connectivity index (χ0v) is 14.7. The summed E-state index contributed by atoms with van der Waals surface area (Å²) < 4.78 is 2.27. The quantitative estimate of drug-likeness (QED) is 0.612. The number of nitrogens with zero attached hydrogens (tertiary/aromatic N) is 5. The maximum absolute atomic E-state index is 10.9. The minimum Gasteiger partial charge on any atom is -0.360 e. The van der Waals surface area contributed by atoms with E-state index < -0.39 is 4.92 Å². The third-order valence-electron chi connectivity index (χ3n) is 5.14. The molecular formula is C17H20ClN5O2. The third kappa shape index (κ3) is 2.97. The first-order chi connectivity index (χ1) is 12.1. The molecule has 0 bridgehead atoms. The van der Waals surface area contributed by atoms with Crippen LogP contribution in [0, 0.1) is 10.1 Å². The molecule has 0 radical (unpaired) electrons. The van der Waals surface area contributed by atoms with Crippen LogP contribution in [0.25, 0.3) is 0 Å². The number of benzene rings is 1. The van der Waals surface area contributed by atoms with Crippen molar-refractivity contribution in [3.63, 3.8) is 0 Å². The van der Waals surface area contributed by atoms with Crippen molar-refractivity contribution in [2.75, 3.05) is 11.4 Å². The average Bonchev–Trinajstić information content (AvgIpc) is 3.15. The van der Waals surface area contributed by atoms with Crippen LogP contribution in [0.2, 0.25) is 5.02 Å². The summed E-state index contributed by atoms with van der Waals surface area (Å²) in [6.45, 7) is 1.83. The molecule has 7 nitrogen and oxygen atoms in total. The summed E-state index contributed by atoms with van der Waals surface area (Å²) in [6, 6.07) is 4.81. The van der Waals surface area contributed by atoms with Gasteiger partial charge in [-0.25, -0.2) is 0 Å². The van der Waals surface area contributed by atoms with Crippen LogP contribution in [0.15, 0.2) is 18.2 Å². The number of anilines is 1. The van der Waals surface area contributed by atoms with Crippen LogP contribution >= 0.6 is 11.6 Å². The topological polar surface area (TPSA) is 77.1 Å². The first kappa shape index (κ1) is 16.3. The number of aryl methyl sites for hydroxylation is 1. The lowest BCUT2D eigenvalue weighted by Crippen LogP contribution is -2.26. The summed E-state index contributed by atoms with van der Waals surface area (Å²) >= 11 is 6.36. The maximum atomic E-state index is 10.9. The van der Waals surface area contributed by atoms with Crippen molar-refractivity contribution < 1.29 is 4.92 Å². The Kier molecular flexibility index (Phi) is 4.33. The van der Waals surface area contributed by atoms with Gasteiger partial charge in [-0.1, -0.05) is 18.0 Å². The largest absolute Gasteiger partial charge is 0.360 e. The zero-order valence-electron chi connectivity index (χ0n) is 13.9. The molecule has 2 aliphatic heterocycles. The average molecular weight is 362 g/mol. The van der Waals surface area contributed by atoms with Crippen molar-refractivity contribution in [3.8, 4) is 0 Å². The van der Waals surface area contributed by atoms with E-state index in [0.29, 0.717) is 5.02 Å². The molecule has 1 fully saturated rings. The van der Waals surface area contributed by atoms with Crippen LogP contribution in [0.5, 0.6) is 0 Å². The Labute approximate surface area is 150 Å². The number of hydrogen-bond donors (Lipinski definition) is 0. The van der Waals surface area contributed by atoms with Gasteiger partial charge in [0.25, 0.3) is 5.69 Å². The predicted octanol–water partition coefficient (Wildman–Crippen LogP) is 3.91. The van der Waals surface area contributed by atoms with Gasteiger partial charge in [0.05, 0.1) is 21.7 Å². The van der Waals surface area contributed by atoms with E-state index in [4.69, 9.17) is 11.6 Å². The molecule has 0 aliphatic carbocycles. The van der Waals surface area contributed by atoms with Gasteiger partial charge in [-0.3, -0.25) is 10.1 Å². The second-order valence-electron chi connectivity index (χ2n) is 6.68. The SMILES string of the molecule is O=[N+]([O-])c1ccc(N2CCC[C@H]2c2nnc3n2CCCCC3)c(Cl)c1. The Morgan fingerprint density at radius 2 is 2.04 bits per heavy atom. The summed E-state index contributed by atoms with van der Waals surface area (Å²) in [6.07, 6.45) is 6.57. The van der Waals surface area contributed by atoms with Crippen LogP contribution in [-0.4, -0.2) is 26.2 Å². The molecule has 3 heterocycles. The van der Waals surface area contributed by atoms with E-state index >= 15 is 0 Å². The van der Waals surface area contributed by atoms with Gasteiger partial charge >= 0.3 is 0 Å². The number of nitro groups is 1. The van der Waals surface area contributed by atoms with E-state index in [1.807, 2.05) is 0 Å². The minimum absolute atomic E-state index is 0.0147. The molecule has 1 saturated heterocycles. The smallest absolute Gasteiger partial charge is 0.271 e. The van der Waals surface area contributed by atoms with Crippen molar-refractivity contribution in [3.05, 3.63) is 45.0 Å². The molecule has 25 heavy (non-hydrogen) atoms. The van der Waals surface area contributed by atoms with Gasteiger partial charge in [-0.05, 0) is 31.7 Å². The normalized spacial score (nSPS) is 20.4. The van der Waals surface area contributed by atoms with Gasteiger partial charge < -0.3 is 9.47 Å². The molecule has 2 aromatic rings. The molecule has 0 N–H and O–H groups in total. The van der Waals surface area contributed by atoms with E-state index in [1.54, 1.807) is 6.07 Å². The fraction of sp³-hybridized carbons (Fsp3) is 0.529. The van der Waals surface area contributed by atoms with Gasteiger partial charge in [0.2, 0.25) is 0 Å². The summed E-state index contributed by atoms with van der Waals surface area (Å²) in [7, 11) is 0. The summed E-state index contributed by atoms with van der Waals surface area (Å²) in [4.78, 5) is 12.7. The number of halogens is 1. The van der Waals surface area contributed by atoms with E-state index in [1.165, 1.54) is 25.0 Å². The predicted molar refractivity (Wildman–Crippen MR) is 95.0 cm³/mol. The van der Waals surface area contributed by atoms with Crippen molar-refractivity contribution in [2.24, 2.45) is 0 Å². The van der Waals surface area contributed by atoms with Crippen LogP contribution < -0.4 is 4.90 Å². The van der Waals surface area contributed by atoms with E-state index in [-0.39, 0.29) is 11.7 Å². The van der Waals surface area contributed by atoms with Gasteiger partial charge in [-0.15, -0.1) is 10.2 Å². The fourth-order valence-corrected chi connectivity index (χ4v) is 4.20. The van der Waals surface area contributed by atoms with Crippen molar-refractivity contribution >= 4 is 23.0 Å². The number of rotatable bonds is 3. The van der Waals surface area contributed by atoms with Gasteiger partial charge in [0, 0.05) is 31.6 Å². The molecule has 0 spiro atoms. The minimum atomic E-state index is -0.421. The van der Waals surface area contributed by atoms with Crippen LogP contribution in [0.1, 0.15) is 49.8 Å². The second-order valence-corrected chi connectivity index (χ2v) is 7.09. The van der Waals surface area contributed by atoms with E-state index in [0.717, 1.165) is 56.1 Å². The Bertz CT molecular complexity index is 806. The lowest BCUT2D eigenvalue weighted by molar-refractivity contribution is -0.384. The molecule has 8 heteroatoms. The zero-order chi connectivity index (χ0) is 17.4. The standard InChI is InChI=1S/C17H20ClN5O2/c18-13-11-12(23(24)25)7-8-14(13)21-10-4-5-15(21)17-20-19-16-6-2-1-3-9-22(16)17/h7-8,11,15H,1-6,9-10H2/t15-/m0/s1. The Morgan fingerprint density at radius 3 is 2.84 bits per heavy atom. The van der Waals surface area contributed by atoms with Gasteiger partial charge in [-0.2, -0.15) is 0 Å². The summed E-state index contributed by atoms with van der Waals surface area (Å²) in [5, 5.41) is 20.3. The first-order valence-electron chi connectivity index (χ1n) is 8.77. The van der Waals surface area contributed by atoms with E-state index in [9.17, 15) is 10.1 Å². The molecule has 0 unspecified atom stereocenters. The highest BCUT2D eigenvalue weighted by atomic mass is 35.5. The highest BCUT2D eigenvalue weighted by Gasteiger charge is 2.33. The van der Waals surface area contributed by atoms with Crippen LogP contribution in [0.4, 0.5) is 11.4 Å². The lowest BCUT2D eigenvalue weighted by Gasteiger charge is -2.27. The highest BCUT2D eigenvalue weighted by Crippen LogP contribution is 2.40. The summed E-state index contributed by atoms with van der Waals surface area (Å²) in [5.41, 5.74) is 0.849. The highest BCUT2D eigenvalue weighted by molar-refractivity contribution is 6.33. The molecule has 1 aromatic heterocycles. The molecular weight excluding hydrogens is 342 g/mol. The molecule has 2 aliphatic rings. The monoisotopic (exact) mass is 361 g/mol. The fourth-order valence-electron chi connectivity index (χ4n) is 3.92. The van der Waals surface area contributed by atoms with Crippen LogP contribution in [0.3, 0.4) is 0 Å². The Hall–Kier alpha value is -2.15. The lowest BCUT2D eigenvalue weighted by atomic mass is 10.2. The van der Waals surface area contributed by atoms with Crippen molar-refractivity contribution in [1.82, 2.24) is 14.8 Å². The van der Waals surface area contributed by atoms with Crippen molar-refractivity contribution in [1.29, 1.82) is 0 Å². The number of hydrogen-bond acceptors (Lipinski definition) is 5. The molecule has 1 aromatic carbocycles. The first-order valence-corrected chi connectivity index (χ1v) is 9.15. The third-order valence-corrected chi connectivity index (χ3v) is 5.44. The molecule has 4 rings (SSSR count). The number of non-ortho nitro benzene ring substituents is 1. The second kappa shape index (κ2) is 6.63. The maximum Gasteiger partial charge on any atom is 0.271 e. The van der Waals surface area contributed by atoms with Crippen molar-refractivity contribution in [2.45, 2.75) is 51.1 Å². The van der Waals surface area contributed by atoms with Crippen LogP contribution in [-0.2, 0) is 13.0 Å². The number of nitro benzene ring substituents is 1. The van der Waals surface area contributed by atoms with Gasteiger partial charge in [0.15, 0.2) is 5.82 Å².